The predicted octanol–water partition coefficient (Wildman–Crippen LogP) is 1.88. The Labute approximate surface area is 82.3 Å². The number of para-hydroxylation sites is 1. The zero-order valence-corrected chi connectivity index (χ0v) is 7.93. The van der Waals surface area contributed by atoms with Gasteiger partial charge in [0.15, 0.2) is 0 Å². The maximum Gasteiger partial charge on any atom is 0.307 e. The van der Waals surface area contributed by atoms with E-state index >= 15 is 0 Å². The Bertz CT molecular complexity index is 359. The zero-order chi connectivity index (χ0) is 10.1. The van der Waals surface area contributed by atoms with Crippen molar-refractivity contribution < 1.29 is 14.6 Å². The van der Waals surface area contributed by atoms with Gasteiger partial charge < -0.3 is 9.84 Å². The average molecular weight is 192 g/mol. The predicted molar refractivity (Wildman–Crippen MR) is 51.5 cm³/mol. The van der Waals surface area contributed by atoms with E-state index in [-0.39, 0.29) is 11.8 Å². The summed E-state index contributed by atoms with van der Waals surface area (Å²) in [5, 5.41) is 8.81. The molecule has 2 atom stereocenters. The van der Waals surface area contributed by atoms with E-state index in [9.17, 15) is 4.79 Å². The SMILES string of the molecule is COc1ccccc1[C@H]1C[C@@H]1C(=O)O. The molecule has 0 aliphatic heterocycles. The molecule has 1 saturated carbocycles. The highest BCUT2D eigenvalue weighted by atomic mass is 16.5. The van der Waals surface area contributed by atoms with Gasteiger partial charge in [0, 0.05) is 5.92 Å². The van der Waals surface area contributed by atoms with E-state index in [1.54, 1.807) is 7.11 Å². The Morgan fingerprint density at radius 2 is 2.21 bits per heavy atom. The van der Waals surface area contributed by atoms with Crippen molar-refractivity contribution in [1.82, 2.24) is 0 Å². The first kappa shape index (κ1) is 9.06. The molecule has 3 heteroatoms. The number of ether oxygens (including phenoxy) is 1. The van der Waals surface area contributed by atoms with E-state index in [0.29, 0.717) is 0 Å². The molecule has 1 N–H and O–H groups in total. The molecular weight excluding hydrogens is 180 g/mol. The van der Waals surface area contributed by atoms with Gasteiger partial charge in [0.25, 0.3) is 0 Å². The van der Waals surface area contributed by atoms with Crippen molar-refractivity contribution in [1.29, 1.82) is 0 Å². The summed E-state index contributed by atoms with van der Waals surface area (Å²) < 4.78 is 5.18. The van der Waals surface area contributed by atoms with Gasteiger partial charge in [-0.25, -0.2) is 0 Å². The van der Waals surface area contributed by atoms with Crippen LogP contribution in [0.5, 0.6) is 5.75 Å². The third kappa shape index (κ3) is 1.45. The van der Waals surface area contributed by atoms with Crippen LogP contribution in [0.15, 0.2) is 24.3 Å². The Balaban J connectivity index is 2.22. The molecule has 0 bridgehead atoms. The quantitative estimate of drug-likeness (QED) is 0.795. The van der Waals surface area contributed by atoms with Gasteiger partial charge in [-0.2, -0.15) is 0 Å². The largest absolute Gasteiger partial charge is 0.496 e. The van der Waals surface area contributed by atoms with E-state index in [1.807, 2.05) is 24.3 Å². The maximum atomic E-state index is 10.7. The number of methoxy groups -OCH3 is 1. The van der Waals surface area contributed by atoms with Crippen LogP contribution in [0.25, 0.3) is 0 Å². The molecule has 1 aromatic rings. The van der Waals surface area contributed by atoms with Crippen LogP contribution in [0.4, 0.5) is 0 Å². The molecule has 74 valence electrons. The molecule has 1 aromatic carbocycles. The first-order valence-corrected chi connectivity index (χ1v) is 4.59. The second-order valence-electron chi connectivity index (χ2n) is 3.53. The molecule has 0 heterocycles. The highest BCUT2D eigenvalue weighted by molar-refractivity contribution is 5.75. The van der Waals surface area contributed by atoms with Crippen molar-refractivity contribution in [3.05, 3.63) is 29.8 Å². The molecule has 3 nitrogen and oxygen atoms in total. The van der Waals surface area contributed by atoms with Crippen LogP contribution < -0.4 is 4.74 Å². The zero-order valence-electron chi connectivity index (χ0n) is 7.93. The second-order valence-corrected chi connectivity index (χ2v) is 3.53. The number of hydrogen-bond donors (Lipinski definition) is 1. The first-order chi connectivity index (χ1) is 6.74. The standard InChI is InChI=1S/C11H12O3/c1-14-10-5-3-2-4-7(10)8-6-9(8)11(12)13/h2-5,8-9H,6H2,1H3,(H,12,13)/t8-,9+/m1/s1. The number of hydrogen-bond acceptors (Lipinski definition) is 2. The lowest BCUT2D eigenvalue weighted by Crippen LogP contribution is -1.99. The van der Waals surface area contributed by atoms with Crippen molar-refractivity contribution in [3.63, 3.8) is 0 Å². The third-order valence-corrected chi connectivity index (χ3v) is 2.65. The minimum Gasteiger partial charge on any atom is -0.496 e. The number of carboxylic acid groups (broad SMARTS) is 1. The van der Waals surface area contributed by atoms with E-state index in [1.165, 1.54) is 0 Å². The smallest absolute Gasteiger partial charge is 0.307 e. The summed E-state index contributed by atoms with van der Waals surface area (Å²) in [4.78, 5) is 10.7. The Kier molecular flexibility index (Phi) is 2.15. The molecule has 1 aliphatic carbocycles. The van der Waals surface area contributed by atoms with Crippen molar-refractivity contribution >= 4 is 5.97 Å². The van der Waals surface area contributed by atoms with E-state index < -0.39 is 5.97 Å². The lowest BCUT2D eigenvalue weighted by atomic mass is 10.1. The summed E-state index contributed by atoms with van der Waals surface area (Å²) in [6.45, 7) is 0. The summed E-state index contributed by atoms with van der Waals surface area (Å²) in [6.07, 6.45) is 0.732. The van der Waals surface area contributed by atoms with Gasteiger partial charge in [0.2, 0.25) is 0 Å². The molecule has 1 fully saturated rings. The van der Waals surface area contributed by atoms with Crippen LogP contribution in [0.1, 0.15) is 17.9 Å². The molecule has 0 spiro atoms. The number of aliphatic carboxylic acids is 1. The highest BCUT2D eigenvalue weighted by Crippen LogP contribution is 2.50. The van der Waals surface area contributed by atoms with Crippen LogP contribution >= 0.6 is 0 Å². The highest BCUT2D eigenvalue weighted by Gasteiger charge is 2.45. The molecule has 0 radical (unpaired) electrons. The second kappa shape index (κ2) is 3.33. The molecule has 0 amide bonds. The lowest BCUT2D eigenvalue weighted by Gasteiger charge is -2.06. The van der Waals surface area contributed by atoms with Crippen LogP contribution in [0.3, 0.4) is 0 Å². The van der Waals surface area contributed by atoms with Gasteiger partial charge in [0.1, 0.15) is 5.75 Å². The molecule has 2 rings (SSSR count). The Morgan fingerprint density at radius 1 is 1.50 bits per heavy atom. The number of benzene rings is 1. The first-order valence-electron chi connectivity index (χ1n) is 4.59. The Morgan fingerprint density at radius 3 is 2.79 bits per heavy atom. The summed E-state index contributed by atoms with van der Waals surface area (Å²) in [5.41, 5.74) is 1.02. The molecule has 1 aliphatic rings. The van der Waals surface area contributed by atoms with Crippen molar-refractivity contribution in [2.75, 3.05) is 7.11 Å². The fourth-order valence-corrected chi connectivity index (χ4v) is 1.78. The van der Waals surface area contributed by atoms with Crippen molar-refractivity contribution in [2.45, 2.75) is 12.3 Å². The lowest BCUT2D eigenvalue weighted by molar-refractivity contribution is -0.138. The molecule has 0 unspecified atom stereocenters. The molecule has 14 heavy (non-hydrogen) atoms. The maximum absolute atomic E-state index is 10.7. The molecular formula is C11H12O3. The number of rotatable bonds is 3. The van der Waals surface area contributed by atoms with Crippen LogP contribution in [0, 0.1) is 5.92 Å². The van der Waals surface area contributed by atoms with E-state index in [4.69, 9.17) is 9.84 Å². The average Bonchev–Trinajstić information content (AvgIpc) is 2.97. The van der Waals surface area contributed by atoms with Gasteiger partial charge in [-0.3, -0.25) is 4.79 Å². The van der Waals surface area contributed by atoms with Crippen molar-refractivity contribution in [3.8, 4) is 5.75 Å². The van der Waals surface area contributed by atoms with Gasteiger partial charge in [-0.05, 0) is 18.1 Å². The van der Waals surface area contributed by atoms with Gasteiger partial charge in [-0.1, -0.05) is 18.2 Å². The summed E-state index contributed by atoms with van der Waals surface area (Å²) in [5.74, 6) is 0.0112. The molecule has 0 saturated heterocycles. The van der Waals surface area contributed by atoms with Crippen molar-refractivity contribution in [2.24, 2.45) is 5.92 Å². The van der Waals surface area contributed by atoms with Gasteiger partial charge >= 0.3 is 5.97 Å². The van der Waals surface area contributed by atoms with E-state index in [2.05, 4.69) is 0 Å². The topological polar surface area (TPSA) is 46.5 Å². The van der Waals surface area contributed by atoms with Gasteiger partial charge in [0.05, 0.1) is 13.0 Å². The monoisotopic (exact) mass is 192 g/mol. The summed E-state index contributed by atoms with van der Waals surface area (Å²) in [7, 11) is 1.61. The minimum absolute atomic E-state index is 0.142. The van der Waals surface area contributed by atoms with Crippen LogP contribution in [-0.2, 0) is 4.79 Å². The fraction of sp³-hybridized carbons (Fsp3) is 0.364. The third-order valence-electron chi connectivity index (χ3n) is 2.65. The van der Waals surface area contributed by atoms with Crippen LogP contribution in [0.2, 0.25) is 0 Å². The molecule has 0 aromatic heterocycles. The van der Waals surface area contributed by atoms with Crippen LogP contribution in [-0.4, -0.2) is 18.2 Å². The summed E-state index contributed by atoms with van der Waals surface area (Å²) >= 11 is 0. The van der Waals surface area contributed by atoms with E-state index in [0.717, 1.165) is 17.7 Å². The minimum atomic E-state index is -0.707. The van der Waals surface area contributed by atoms with Gasteiger partial charge in [-0.15, -0.1) is 0 Å². The number of carboxylic acids is 1. The normalized spacial score (nSPS) is 24.4. The summed E-state index contributed by atoms with van der Waals surface area (Å²) in [6, 6.07) is 7.61. The number of carbonyl (C=O) groups is 1. The Hall–Kier alpha value is -1.51. The fourth-order valence-electron chi connectivity index (χ4n) is 1.78.